The second kappa shape index (κ2) is 6.39. The van der Waals surface area contributed by atoms with E-state index in [1.807, 2.05) is 17.5 Å². The van der Waals surface area contributed by atoms with Crippen LogP contribution < -0.4 is 5.32 Å². The molecule has 0 fully saturated rings. The van der Waals surface area contributed by atoms with Crippen LogP contribution in [0.15, 0.2) is 35.7 Å². The standard InChI is InChI=1S/C13H11Cl2NO2S/c14-9-4-1-5-10(15)11(9)12(13(17)18)16-7-8-3-2-6-19-8/h1-6,12,16H,7H2,(H,17,18). The van der Waals surface area contributed by atoms with Crippen LogP contribution in [0.1, 0.15) is 16.5 Å². The fourth-order valence-electron chi connectivity index (χ4n) is 1.72. The van der Waals surface area contributed by atoms with Crippen molar-refractivity contribution in [2.24, 2.45) is 0 Å². The molecule has 19 heavy (non-hydrogen) atoms. The van der Waals surface area contributed by atoms with Crippen molar-refractivity contribution >= 4 is 40.5 Å². The van der Waals surface area contributed by atoms with E-state index in [9.17, 15) is 9.90 Å². The minimum Gasteiger partial charge on any atom is -0.480 e. The maximum Gasteiger partial charge on any atom is 0.325 e. The summed E-state index contributed by atoms with van der Waals surface area (Å²) in [5.41, 5.74) is 0.398. The SMILES string of the molecule is O=C(O)C(NCc1cccs1)c1c(Cl)cccc1Cl. The molecule has 0 bridgehead atoms. The Balaban J connectivity index is 2.23. The van der Waals surface area contributed by atoms with Crippen molar-refractivity contribution < 1.29 is 9.90 Å². The van der Waals surface area contributed by atoms with E-state index in [2.05, 4.69) is 5.32 Å². The molecule has 1 aromatic heterocycles. The third-order valence-electron chi connectivity index (χ3n) is 2.60. The molecule has 0 aliphatic carbocycles. The summed E-state index contributed by atoms with van der Waals surface area (Å²) in [6, 6.07) is 7.87. The summed E-state index contributed by atoms with van der Waals surface area (Å²) in [6.07, 6.45) is 0. The Morgan fingerprint density at radius 3 is 2.47 bits per heavy atom. The van der Waals surface area contributed by atoms with Gasteiger partial charge in [-0.05, 0) is 23.6 Å². The van der Waals surface area contributed by atoms with Gasteiger partial charge in [-0.2, -0.15) is 0 Å². The number of rotatable bonds is 5. The number of nitrogens with one attached hydrogen (secondary N) is 1. The van der Waals surface area contributed by atoms with Gasteiger partial charge >= 0.3 is 5.97 Å². The van der Waals surface area contributed by atoms with Gasteiger partial charge in [-0.15, -0.1) is 11.3 Å². The second-order valence-corrected chi connectivity index (χ2v) is 5.71. The molecule has 1 atom stereocenters. The zero-order chi connectivity index (χ0) is 13.8. The number of carbonyl (C=O) groups is 1. The van der Waals surface area contributed by atoms with Gasteiger partial charge in [0, 0.05) is 27.0 Å². The zero-order valence-corrected chi connectivity index (χ0v) is 12.1. The van der Waals surface area contributed by atoms with E-state index in [1.165, 1.54) is 0 Å². The van der Waals surface area contributed by atoms with Gasteiger partial charge in [0.25, 0.3) is 0 Å². The predicted octanol–water partition coefficient (Wildman–Crippen LogP) is 3.97. The number of carboxylic acid groups (broad SMARTS) is 1. The molecule has 0 aliphatic heterocycles. The number of halogens is 2. The molecule has 0 aliphatic rings. The van der Waals surface area contributed by atoms with E-state index in [-0.39, 0.29) is 0 Å². The lowest BCUT2D eigenvalue weighted by Gasteiger charge is -2.17. The van der Waals surface area contributed by atoms with E-state index in [0.29, 0.717) is 22.2 Å². The van der Waals surface area contributed by atoms with Crippen LogP contribution in [0.5, 0.6) is 0 Å². The Bertz CT molecular complexity index is 552. The molecule has 0 saturated carbocycles. The van der Waals surface area contributed by atoms with Gasteiger partial charge in [0.2, 0.25) is 0 Å². The van der Waals surface area contributed by atoms with E-state index < -0.39 is 12.0 Å². The highest BCUT2D eigenvalue weighted by molar-refractivity contribution is 7.09. The third kappa shape index (κ3) is 3.48. The molecule has 1 unspecified atom stereocenters. The van der Waals surface area contributed by atoms with Crippen LogP contribution in [0.25, 0.3) is 0 Å². The van der Waals surface area contributed by atoms with Crippen molar-refractivity contribution in [3.05, 3.63) is 56.2 Å². The van der Waals surface area contributed by atoms with Crippen molar-refractivity contribution in [3.8, 4) is 0 Å². The van der Waals surface area contributed by atoms with E-state index >= 15 is 0 Å². The molecule has 100 valence electrons. The first-order chi connectivity index (χ1) is 9.09. The molecule has 3 nitrogen and oxygen atoms in total. The maximum atomic E-state index is 11.4. The lowest BCUT2D eigenvalue weighted by Crippen LogP contribution is -2.28. The van der Waals surface area contributed by atoms with E-state index in [4.69, 9.17) is 23.2 Å². The molecule has 1 heterocycles. The molecule has 6 heteroatoms. The molecule has 0 radical (unpaired) electrons. The average molecular weight is 316 g/mol. The highest BCUT2D eigenvalue weighted by Gasteiger charge is 2.24. The first-order valence-electron chi connectivity index (χ1n) is 5.52. The lowest BCUT2D eigenvalue weighted by molar-refractivity contribution is -0.139. The molecule has 2 rings (SSSR count). The normalized spacial score (nSPS) is 12.3. The van der Waals surface area contributed by atoms with Crippen LogP contribution in [-0.4, -0.2) is 11.1 Å². The highest BCUT2D eigenvalue weighted by atomic mass is 35.5. The maximum absolute atomic E-state index is 11.4. The first-order valence-corrected chi connectivity index (χ1v) is 7.15. The van der Waals surface area contributed by atoms with Crippen molar-refractivity contribution in [2.75, 3.05) is 0 Å². The minimum atomic E-state index is -1.01. The van der Waals surface area contributed by atoms with Crippen LogP contribution in [0, 0.1) is 0 Å². The van der Waals surface area contributed by atoms with Gasteiger partial charge in [0.05, 0.1) is 0 Å². The third-order valence-corrected chi connectivity index (χ3v) is 4.13. The van der Waals surface area contributed by atoms with Crippen molar-refractivity contribution in [1.82, 2.24) is 5.32 Å². The number of aliphatic carboxylic acids is 1. The Morgan fingerprint density at radius 2 is 1.95 bits per heavy atom. The van der Waals surface area contributed by atoms with E-state index in [0.717, 1.165) is 4.88 Å². The van der Waals surface area contributed by atoms with Gasteiger partial charge < -0.3 is 5.11 Å². The summed E-state index contributed by atoms with van der Waals surface area (Å²) in [5, 5.41) is 14.9. The molecular weight excluding hydrogens is 305 g/mol. The smallest absolute Gasteiger partial charge is 0.325 e. The van der Waals surface area contributed by atoms with E-state index in [1.54, 1.807) is 29.5 Å². The molecule has 0 spiro atoms. The van der Waals surface area contributed by atoms with Crippen LogP contribution in [-0.2, 0) is 11.3 Å². The molecule has 0 saturated heterocycles. The summed E-state index contributed by atoms with van der Waals surface area (Å²) in [7, 11) is 0. The number of hydrogen-bond donors (Lipinski definition) is 2. The number of benzene rings is 1. The Hall–Kier alpha value is -1.07. The highest BCUT2D eigenvalue weighted by Crippen LogP contribution is 2.30. The second-order valence-electron chi connectivity index (χ2n) is 3.87. The Kier molecular flexibility index (Phi) is 4.82. The Morgan fingerprint density at radius 1 is 1.26 bits per heavy atom. The van der Waals surface area contributed by atoms with Crippen molar-refractivity contribution in [1.29, 1.82) is 0 Å². The first kappa shape index (κ1) is 14.3. The molecular formula is C13H11Cl2NO2S. The van der Waals surface area contributed by atoms with Crippen molar-refractivity contribution in [3.63, 3.8) is 0 Å². The summed E-state index contributed by atoms with van der Waals surface area (Å²) < 4.78 is 0. The van der Waals surface area contributed by atoms with Gasteiger partial charge in [0.15, 0.2) is 0 Å². The van der Waals surface area contributed by atoms with Crippen LogP contribution >= 0.6 is 34.5 Å². The minimum absolute atomic E-state index is 0.346. The summed E-state index contributed by atoms with van der Waals surface area (Å²) in [4.78, 5) is 12.4. The van der Waals surface area contributed by atoms with Crippen LogP contribution in [0.3, 0.4) is 0 Å². The van der Waals surface area contributed by atoms with Gasteiger partial charge in [0.1, 0.15) is 6.04 Å². The van der Waals surface area contributed by atoms with Gasteiger partial charge in [-0.3, -0.25) is 10.1 Å². The molecule has 0 amide bonds. The van der Waals surface area contributed by atoms with Crippen LogP contribution in [0.4, 0.5) is 0 Å². The number of carboxylic acids is 1. The fourth-order valence-corrected chi connectivity index (χ4v) is 2.99. The molecule has 2 aromatic rings. The topological polar surface area (TPSA) is 49.3 Å². The van der Waals surface area contributed by atoms with Crippen LogP contribution in [0.2, 0.25) is 10.0 Å². The summed E-state index contributed by atoms with van der Waals surface area (Å²) >= 11 is 13.6. The molecule has 2 N–H and O–H groups in total. The average Bonchev–Trinajstić information content (AvgIpc) is 2.85. The number of hydrogen-bond acceptors (Lipinski definition) is 3. The zero-order valence-electron chi connectivity index (χ0n) is 9.77. The number of thiophene rings is 1. The fraction of sp³-hybridized carbons (Fsp3) is 0.154. The van der Waals surface area contributed by atoms with Gasteiger partial charge in [-0.25, -0.2) is 0 Å². The van der Waals surface area contributed by atoms with Gasteiger partial charge in [-0.1, -0.05) is 35.3 Å². The summed E-state index contributed by atoms with van der Waals surface area (Å²) in [5.74, 6) is -1.01. The largest absolute Gasteiger partial charge is 0.480 e. The quantitative estimate of drug-likeness (QED) is 0.877. The Labute approximate surface area is 124 Å². The lowest BCUT2D eigenvalue weighted by atomic mass is 10.1. The van der Waals surface area contributed by atoms with Crippen molar-refractivity contribution in [2.45, 2.75) is 12.6 Å². The predicted molar refractivity (Wildman–Crippen MR) is 78.0 cm³/mol. The monoisotopic (exact) mass is 315 g/mol. The summed E-state index contributed by atoms with van der Waals surface area (Å²) in [6.45, 7) is 0.455. The molecule has 1 aromatic carbocycles.